The molecule has 1 unspecified atom stereocenters. The third kappa shape index (κ3) is 2.67. The fraction of sp³-hybridized carbons (Fsp3) is 0.583. The Morgan fingerprint density at radius 3 is 2.91 bits per heavy atom. The molecule has 0 bridgehead atoms. The minimum atomic E-state index is -2.34. The quantitative estimate of drug-likeness (QED) is 0.441. The van der Waals surface area contributed by atoms with Gasteiger partial charge in [0.25, 0.3) is 0 Å². The summed E-state index contributed by atoms with van der Waals surface area (Å²) in [7, 11) is 0. The van der Waals surface area contributed by atoms with Gasteiger partial charge in [-0.1, -0.05) is 11.8 Å². The number of aliphatic hydroxyl groups excluding tert-OH is 2. The maximum atomic E-state index is 12.3. The van der Waals surface area contributed by atoms with Crippen LogP contribution in [0.1, 0.15) is 13.2 Å². The van der Waals surface area contributed by atoms with Crippen molar-refractivity contribution in [3.63, 3.8) is 0 Å². The van der Waals surface area contributed by atoms with Crippen LogP contribution >= 0.6 is 0 Å². The summed E-state index contributed by atoms with van der Waals surface area (Å²) in [5.74, 6) is 3.95. The van der Waals surface area contributed by atoms with Crippen LogP contribution in [0, 0.1) is 11.8 Å². The highest BCUT2D eigenvalue weighted by atomic mass is 19.1. The van der Waals surface area contributed by atoms with E-state index in [2.05, 4.69) is 16.0 Å². The first-order valence-electron chi connectivity index (χ1n) is 6.32. The lowest BCUT2D eigenvalue weighted by Crippen LogP contribution is -2.49. The molecule has 1 saturated heterocycles. The fourth-order valence-corrected chi connectivity index (χ4v) is 2.18. The molecule has 1 aromatic heterocycles. The molecule has 10 heteroatoms. The first-order valence-corrected chi connectivity index (χ1v) is 6.32. The number of hydrogen-bond acceptors (Lipinski definition) is 8. The first kappa shape index (κ1) is 16.3. The van der Waals surface area contributed by atoms with Crippen molar-refractivity contribution >= 4 is 5.82 Å². The molecule has 9 nitrogen and oxygen atoms in total. The maximum absolute atomic E-state index is 12.3. The number of hydrogen-bond donors (Lipinski definition) is 4. The Morgan fingerprint density at radius 2 is 2.36 bits per heavy atom. The highest BCUT2D eigenvalue weighted by Crippen LogP contribution is 2.38. The van der Waals surface area contributed by atoms with E-state index in [1.165, 1.54) is 6.92 Å². The van der Waals surface area contributed by atoms with Gasteiger partial charge in [0.05, 0.1) is 12.3 Å². The zero-order valence-corrected chi connectivity index (χ0v) is 11.5. The highest BCUT2D eigenvalue weighted by Gasteiger charge is 2.57. The molecular weight excluding hydrogens is 299 g/mol. The van der Waals surface area contributed by atoms with Crippen LogP contribution < -0.4 is 11.4 Å². The molecule has 0 amide bonds. The predicted molar refractivity (Wildman–Crippen MR) is 71.0 cm³/mol. The Balaban J connectivity index is 2.53. The van der Waals surface area contributed by atoms with Gasteiger partial charge in [-0.15, -0.1) is 0 Å². The standard InChI is InChI=1S/C12H15FN4O5/c1-6(18)8-9(19)12(21,3-2-4-13)10(22-8)17-11(20)16-7(14)5-15-17/h5-6,8-10,18-19,21H,4H2,1H3,(H2,14,16,20)/t6-,8-,9+,10-,12?/m1/s1. The van der Waals surface area contributed by atoms with Crippen LogP contribution in [-0.2, 0) is 4.74 Å². The van der Waals surface area contributed by atoms with E-state index in [0.29, 0.717) is 4.68 Å². The van der Waals surface area contributed by atoms with E-state index >= 15 is 0 Å². The molecular formula is C12H15FN4O5. The average Bonchev–Trinajstić information content (AvgIpc) is 2.70. The van der Waals surface area contributed by atoms with E-state index in [9.17, 15) is 24.5 Å². The minimum absolute atomic E-state index is 0.148. The Labute approximate surface area is 124 Å². The van der Waals surface area contributed by atoms with Crippen molar-refractivity contribution in [3.05, 3.63) is 16.7 Å². The van der Waals surface area contributed by atoms with Crippen LogP contribution in [0.5, 0.6) is 0 Å². The van der Waals surface area contributed by atoms with E-state index in [4.69, 9.17) is 10.5 Å². The number of nitrogens with two attached hydrogens (primary N) is 1. The topological polar surface area (TPSA) is 144 Å². The number of anilines is 1. The smallest absolute Gasteiger partial charge is 0.368 e. The summed E-state index contributed by atoms with van der Waals surface area (Å²) >= 11 is 0. The molecule has 1 aliphatic rings. The van der Waals surface area contributed by atoms with Crippen molar-refractivity contribution in [1.29, 1.82) is 0 Å². The van der Waals surface area contributed by atoms with E-state index in [-0.39, 0.29) is 5.82 Å². The Bertz CT molecular complexity index is 669. The number of alkyl halides is 1. The van der Waals surface area contributed by atoms with Crippen molar-refractivity contribution in [2.75, 3.05) is 12.4 Å². The highest BCUT2D eigenvalue weighted by molar-refractivity contribution is 5.24. The van der Waals surface area contributed by atoms with Crippen LogP contribution in [0.25, 0.3) is 0 Å². The molecule has 0 saturated carbocycles. The second-order valence-electron chi connectivity index (χ2n) is 4.81. The second-order valence-corrected chi connectivity index (χ2v) is 4.81. The zero-order valence-electron chi connectivity index (χ0n) is 11.5. The summed E-state index contributed by atoms with van der Waals surface area (Å²) in [4.78, 5) is 15.2. The molecule has 0 radical (unpaired) electrons. The molecule has 2 rings (SSSR count). The summed E-state index contributed by atoms with van der Waals surface area (Å²) in [6.45, 7) is 0.236. The number of ether oxygens (including phenoxy) is 1. The van der Waals surface area contributed by atoms with Gasteiger partial charge in [0.15, 0.2) is 6.23 Å². The molecule has 0 aromatic carbocycles. The van der Waals surface area contributed by atoms with Crippen LogP contribution in [0.4, 0.5) is 10.2 Å². The SMILES string of the molecule is C[C@@H](O)[C@H]1O[C@@H](n2ncc(N)nc2=O)C(O)(C#CCF)[C@H]1O. The Morgan fingerprint density at radius 1 is 1.68 bits per heavy atom. The van der Waals surface area contributed by atoms with Crippen molar-refractivity contribution in [1.82, 2.24) is 14.8 Å². The molecule has 1 aromatic rings. The largest absolute Gasteiger partial charge is 0.391 e. The van der Waals surface area contributed by atoms with Gasteiger partial charge < -0.3 is 25.8 Å². The van der Waals surface area contributed by atoms with Crippen LogP contribution in [-0.4, -0.2) is 60.7 Å². The van der Waals surface area contributed by atoms with Gasteiger partial charge in [-0.2, -0.15) is 14.8 Å². The monoisotopic (exact) mass is 314 g/mol. The Hall–Kier alpha value is -2.06. The van der Waals surface area contributed by atoms with E-state index in [0.717, 1.165) is 6.20 Å². The lowest BCUT2D eigenvalue weighted by Gasteiger charge is -2.25. The van der Waals surface area contributed by atoms with Crippen molar-refractivity contribution in [2.24, 2.45) is 0 Å². The predicted octanol–water partition coefficient (Wildman–Crippen LogP) is -2.44. The normalized spacial score (nSPS) is 32.3. The summed E-state index contributed by atoms with van der Waals surface area (Å²) < 4.78 is 18.2. The molecule has 0 spiro atoms. The van der Waals surface area contributed by atoms with Gasteiger partial charge in [0.2, 0.25) is 5.60 Å². The van der Waals surface area contributed by atoms with Gasteiger partial charge >= 0.3 is 5.69 Å². The molecule has 0 aliphatic carbocycles. The maximum Gasteiger partial charge on any atom is 0.368 e. The third-order valence-corrected chi connectivity index (χ3v) is 3.21. The number of aliphatic hydroxyl groups is 3. The average molecular weight is 314 g/mol. The molecule has 1 aliphatic heterocycles. The number of halogens is 1. The summed E-state index contributed by atoms with van der Waals surface area (Å²) in [5.41, 5.74) is 2.02. The van der Waals surface area contributed by atoms with Crippen molar-refractivity contribution < 1.29 is 24.4 Å². The summed E-state index contributed by atoms with van der Waals surface area (Å²) in [6, 6.07) is 0. The molecule has 22 heavy (non-hydrogen) atoms. The van der Waals surface area contributed by atoms with E-state index in [1.807, 2.05) is 5.92 Å². The zero-order chi connectivity index (χ0) is 16.5. The van der Waals surface area contributed by atoms with Crippen LogP contribution in [0.2, 0.25) is 0 Å². The number of rotatable bonds is 2. The molecule has 120 valence electrons. The number of aromatic nitrogens is 3. The van der Waals surface area contributed by atoms with Gasteiger partial charge in [0.1, 0.15) is 24.7 Å². The third-order valence-electron chi connectivity index (χ3n) is 3.21. The molecule has 2 heterocycles. The lowest BCUT2D eigenvalue weighted by atomic mass is 9.93. The minimum Gasteiger partial charge on any atom is -0.391 e. The lowest BCUT2D eigenvalue weighted by molar-refractivity contribution is -0.0946. The van der Waals surface area contributed by atoms with Crippen LogP contribution in [0.15, 0.2) is 11.0 Å². The van der Waals surface area contributed by atoms with Gasteiger partial charge in [0, 0.05) is 0 Å². The molecule has 1 fully saturated rings. The molecule has 5 N–H and O–H groups in total. The van der Waals surface area contributed by atoms with Crippen molar-refractivity contribution in [3.8, 4) is 11.8 Å². The first-order chi connectivity index (χ1) is 10.3. The fourth-order valence-electron chi connectivity index (χ4n) is 2.18. The van der Waals surface area contributed by atoms with E-state index in [1.54, 1.807) is 0 Å². The summed E-state index contributed by atoms with van der Waals surface area (Å²) in [5, 5.41) is 33.9. The number of nitrogens with zero attached hydrogens (tertiary/aromatic N) is 3. The van der Waals surface area contributed by atoms with E-state index < -0.39 is 42.5 Å². The van der Waals surface area contributed by atoms with Gasteiger partial charge in [-0.05, 0) is 6.92 Å². The Kier molecular flexibility index (Phi) is 4.43. The molecule has 5 atom stereocenters. The summed E-state index contributed by atoms with van der Waals surface area (Å²) in [6.07, 6.45) is -4.67. The van der Waals surface area contributed by atoms with Crippen LogP contribution in [0.3, 0.4) is 0 Å². The van der Waals surface area contributed by atoms with Crippen molar-refractivity contribution in [2.45, 2.75) is 37.1 Å². The number of nitrogen functional groups attached to an aromatic ring is 1. The van der Waals surface area contributed by atoms with Gasteiger partial charge in [-0.25, -0.2) is 9.18 Å². The van der Waals surface area contributed by atoms with Gasteiger partial charge in [-0.3, -0.25) is 0 Å². The second kappa shape index (κ2) is 5.98.